The Bertz CT molecular complexity index is 572. The fourth-order valence-electron chi connectivity index (χ4n) is 6.33. The minimum atomic E-state index is 0.0131. The predicted octanol–water partition coefficient (Wildman–Crippen LogP) is 14.1. The fraction of sp³-hybridized carbons (Fsp3) is 0.929. The molecule has 0 aromatic heterocycles. The average Bonchev–Trinajstić information content (AvgIpc) is 3.05. The number of carbonyl (C=O) groups is 1. The molecule has 0 saturated carbocycles. The zero-order valence-corrected chi connectivity index (χ0v) is 30.8. The van der Waals surface area contributed by atoms with E-state index in [1.54, 1.807) is 0 Å². The van der Waals surface area contributed by atoms with Crippen molar-refractivity contribution in [1.29, 1.82) is 0 Å². The molecular formula is C42H82O3. The lowest BCUT2D eigenvalue weighted by Gasteiger charge is -2.06. The van der Waals surface area contributed by atoms with E-state index in [4.69, 9.17) is 9.84 Å². The van der Waals surface area contributed by atoms with Crippen molar-refractivity contribution < 1.29 is 14.6 Å². The highest BCUT2D eigenvalue weighted by Gasteiger charge is 2.03. The van der Waals surface area contributed by atoms with E-state index in [-0.39, 0.29) is 5.97 Å². The van der Waals surface area contributed by atoms with Crippen molar-refractivity contribution in [2.75, 3.05) is 13.2 Å². The second kappa shape index (κ2) is 41.2. The first-order chi connectivity index (χ1) is 22.3. The van der Waals surface area contributed by atoms with Gasteiger partial charge in [0.25, 0.3) is 0 Å². The van der Waals surface area contributed by atoms with Gasteiger partial charge in [-0.25, -0.2) is 0 Å². The highest BCUT2D eigenvalue weighted by Crippen LogP contribution is 2.16. The molecule has 0 aromatic rings. The number of allylic oxidation sites excluding steroid dienone is 2. The van der Waals surface area contributed by atoms with Crippen LogP contribution < -0.4 is 0 Å². The third kappa shape index (κ3) is 41.1. The van der Waals surface area contributed by atoms with Crippen LogP contribution in [0.1, 0.15) is 238 Å². The second-order valence-corrected chi connectivity index (χ2v) is 14.1. The van der Waals surface area contributed by atoms with E-state index in [1.165, 1.54) is 199 Å². The summed E-state index contributed by atoms with van der Waals surface area (Å²) >= 11 is 0. The van der Waals surface area contributed by atoms with Crippen LogP contribution in [0, 0.1) is 0 Å². The first-order valence-corrected chi connectivity index (χ1v) is 20.7. The number of unbranched alkanes of at least 4 members (excludes halogenated alkanes) is 32. The van der Waals surface area contributed by atoms with E-state index in [9.17, 15) is 4.79 Å². The van der Waals surface area contributed by atoms with E-state index in [1.807, 2.05) is 0 Å². The molecule has 0 radical (unpaired) electrons. The van der Waals surface area contributed by atoms with Crippen molar-refractivity contribution in [3.05, 3.63) is 12.2 Å². The van der Waals surface area contributed by atoms with Gasteiger partial charge in [-0.1, -0.05) is 205 Å². The first-order valence-electron chi connectivity index (χ1n) is 20.7. The maximum Gasteiger partial charge on any atom is 0.305 e. The zero-order chi connectivity index (χ0) is 32.6. The number of ether oxygens (including phenoxy) is 1. The molecule has 0 saturated heterocycles. The van der Waals surface area contributed by atoms with E-state index in [0.717, 1.165) is 25.7 Å². The summed E-state index contributed by atoms with van der Waals surface area (Å²) in [4.78, 5) is 11.9. The summed E-state index contributed by atoms with van der Waals surface area (Å²) in [6, 6.07) is 0. The summed E-state index contributed by atoms with van der Waals surface area (Å²) in [6.07, 6.45) is 51.8. The molecule has 268 valence electrons. The molecule has 0 fully saturated rings. The van der Waals surface area contributed by atoms with Gasteiger partial charge in [0.05, 0.1) is 6.61 Å². The van der Waals surface area contributed by atoms with E-state index in [0.29, 0.717) is 19.6 Å². The molecule has 0 heterocycles. The molecule has 1 N–H and O–H groups in total. The standard InChI is InChI=1S/C42H82O3/c1-2-3-4-5-6-7-24-27-30-33-36-39-42(44)45-41-38-35-32-29-26-23-21-19-17-15-13-11-9-8-10-12-14-16-18-20-22-25-28-31-34-37-40-43/h5-6,43H,2-4,7-41H2,1H3. The number of aliphatic hydroxyl groups is 1. The molecule has 0 aromatic carbocycles. The molecule has 0 spiro atoms. The molecule has 3 nitrogen and oxygen atoms in total. The predicted molar refractivity (Wildman–Crippen MR) is 199 cm³/mol. The highest BCUT2D eigenvalue weighted by atomic mass is 16.5. The quantitative estimate of drug-likeness (QED) is 0.0416. The third-order valence-electron chi connectivity index (χ3n) is 9.46. The number of aliphatic hydroxyl groups excluding tert-OH is 1. The van der Waals surface area contributed by atoms with Crippen LogP contribution >= 0.6 is 0 Å². The molecule has 0 bridgehead atoms. The summed E-state index contributed by atoms with van der Waals surface area (Å²) in [7, 11) is 0. The van der Waals surface area contributed by atoms with Crippen LogP contribution in [0.5, 0.6) is 0 Å². The molecule has 0 atom stereocenters. The van der Waals surface area contributed by atoms with Crippen molar-refractivity contribution in [3.63, 3.8) is 0 Å². The maximum absolute atomic E-state index is 11.9. The molecule has 0 unspecified atom stereocenters. The lowest BCUT2D eigenvalue weighted by Crippen LogP contribution is -2.05. The van der Waals surface area contributed by atoms with E-state index in [2.05, 4.69) is 19.1 Å². The number of hydrogen-bond donors (Lipinski definition) is 1. The Morgan fingerprint density at radius 3 is 1.11 bits per heavy atom. The van der Waals surface area contributed by atoms with Gasteiger partial charge in [0.15, 0.2) is 0 Å². The smallest absolute Gasteiger partial charge is 0.305 e. The van der Waals surface area contributed by atoms with Gasteiger partial charge < -0.3 is 9.84 Å². The molecule has 0 rings (SSSR count). The van der Waals surface area contributed by atoms with Crippen molar-refractivity contribution in [2.45, 2.75) is 238 Å². The van der Waals surface area contributed by atoms with Gasteiger partial charge in [0.2, 0.25) is 0 Å². The molecule has 45 heavy (non-hydrogen) atoms. The molecule has 0 aliphatic rings. The summed E-state index contributed by atoms with van der Waals surface area (Å²) in [5, 5.41) is 8.80. The van der Waals surface area contributed by atoms with E-state index >= 15 is 0 Å². The monoisotopic (exact) mass is 635 g/mol. The largest absolute Gasteiger partial charge is 0.466 e. The van der Waals surface area contributed by atoms with Crippen molar-refractivity contribution >= 4 is 5.97 Å². The average molecular weight is 635 g/mol. The normalized spacial score (nSPS) is 11.6. The molecular weight excluding hydrogens is 552 g/mol. The van der Waals surface area contributed by atoms with E-state index < -0.39 is 0 Å². The van der Waals surface area contributed by atoms with Crippen LogP contribution in [-0.4, -0.2) is 24.3 Å². The Balaban J connectivity index is 3.13. The van der Waals surface area contributed by atoms with Crippen LogP contribution in [-0.2, 0) is 9.53 Å². The number of carbonyl (C=O) groups excluding carboxylic acids is 1. The molecule has 0 aliphatic heterocycles. The van der Waals surface area contributed by atoms with Gasteiger partial charge in [-0.2, -0.15) is 0 Å². The lowest BCUT2D eigenvalue weighted by atomic mass is 10.0. The second-order valence-electron chi connectivity index (χ2n) is 14.1. The molecule has 0 amide bonds. The number of rotatable bonds is 39. The van der Waals surface area contributed by atoms with Gasteiger partial charge in [0, 0.05) is 13.0 Å². The first kappa shape index (κ1) is 44.2. The van der Waals surface area contributed by atoms with Crippen LogP contribution in [0.2, 0.25) is 0 Å². The van der Waals surface area contributed by atoms with Crippen molar-refractivity contribution in [1.82, 2.24) is 0 Å². The van der Waals surface area contributed by atoms with Gasteiger partial charge >= 0.3 is 5.97 Å². The van der Waals surface area contributed by atoms with Crippen molar-refractivity contribution in [3.8, 4) is 0 Å². The summed E-state index contributed by atoms with van der Waals surface area (Å²) in [5.41, 5.74) is 0. The highest BCUT2D eigenvalue weighted by molar-refractivity contribution is 5.69. The van der Waals surface area contributed by atoms with Crippen LogP contribution in [0.3, 0.4) is 0 Å². The molecule has 0 aliphatic carbocycles. The minimum absolute atomic E-state index is 0.0131. The third-order valence-corrected chi connectivity index (χ3v) is 9.46. The summed E-state index contributed by atoms with van der Waals surface area (Å²) < 4.78 is 5.44. The van der Waals surface area contributed by atoms with Crippen LogP contribution in [0.25, 0.3) is 0 Å². The van der Waals surface area contributed by atoms with Gasteiger partial charge in [0.1, 0.15) is 0 Å². The van der Waals surface area contributed by atoms with Gasteiger partial charge in [-0.05, 0) is 38.5 Å². The van der Waals surface area contributed by atoms with Crippen LogP contribution in [0.15, 0.2) is 12.2 Å². The fourth-order valence-corrected chi connectivity index (χ4v) is 6.33. The maximum atomic E-state index is 11.9. The Morgan fingerprint density at radius 2 is 0.733 bits per heavy atom. The Kier molecular flexibility index (Phi) is 40.4. The van der Waals surface area contributed by atoms with Crippen molar-refractivity contribution in [2.24, 2.45) is 0 Å². The Hall–Kier alpha value is -0.830. The number of esters is 1. The zero-order valence-electron chi connectivity index (χ0n) is 30.8. The van der Waals surface area contributed by atoms with Gasteiger partial charge in [-0.15, -0.1) is 0 Å². The van der Waals surface area contributed by atoms with Gasteiger partial charge in [-0.3, -0.25) is 4.79 Å². The Labute approximate surface area is 283 Å². The molecule has 3 heteroatoms. The summed E-state index contributed by atoms with van der Waals surface area (Å²) in [5.74, 6) is 0.0131. The lowest BCUT2D eigenvalue weighted by molar-refractivity contribution is -0.143. The Morgan fingerprint density at radius 1 is 0.422 bits per heavy atom. The minimum Gasteiger partial charge on any atom is -0.466 e. The van der Waals surface area contributed by atoms with Crippen LogP contribution in [0.4, 0.5) is 0 Å². The topological polar surface area (TPSA) is 46.5 Å². The SMILES string of the molecule is CCCCC=CCCCCCCCC(=O)OCCCCCCCCCCCCCCCCCCCCCCCCCCCCO. The summed E-state index contributed by atoms with van der Waals surface area (Å²) in [6.45, 7) is 3.23. The number of hydrogen-bond acceptors (Lipinski definition) is 3.